The van der Waals surface area contributed by atoms with Gasteiger partial charge in [0.25, 0.3) is 5.91 Å². The minimum atomic E-state index is -0.642. The number of carbonyl (C=O) groups excluding carboxylic acids is 2. The molecule has 1 aromatic carbocycles. The Hall–Kier alpha value is -4.02. The lowest BCUT2D eigenvalue weighted by Gasteiger charge is -2.31. The number of nitrogens with one attached hydrogen (secondary N) is 3. The Labute approximate surface area is 178 Å². The van der Waals surface area contributed by atoms with Gasteiger partial charge < -0.3 is 21.7 Å². The summed E-state index contributed by atoms with van der Waals surface area (Å²) in [6, 6.07) is 7.35. The van der Waals surface area contributed by atoms with Gasteiger partial charge in [0.1, 0.15) is 11.4 Å². The van der Waals surface area contributed by atoms with Crippen LogP contribution in [0.15, 0.2) is 42.9 Å². The lowest BCUT2D eigenvalue weighted by molar-refractivity contribution is -0.110. The largest absolute Gasteiger partial charge is 0.365 e. The van der Waals surface area contributed by atoms with Gasteiger partial charge in [-0.15, -0.1) is 0 Å². The van der Waals surface area contributed by atoms with Crippen LogP contribution in [0.2, 0.25) is 0 Å². The first kappa shape index (κ1) is 20.3. The molecule has 2 atom stereocenters. The fourth-order valence-corrected chi connectivity index (χ4v) is 3.68. The van der Waals surface area contributed by atoms with E-state index < -0.39 is 5.91 Å². The van der Waals surface area contributed by atoms with Gasteiger partial charge in [-0.05, 0) is 31.0 Å². The van der Waals surface area contributed by atoms with Crippen LogP contribution in [0.3, 0.4) is 0 Å². The summed E-state index contributed by atoms with van der Waals surface area (Å²) >= 11 is 0. The normalized spacial score (nSPS) is 18.2. The summed E-state index contributed by atoms with van der Waals surface area (Å²) in [7, 11) is 0. The van der Waals surface area contributed by atoms with Crippen molar-refractivity contribution < 1.29 is 9.59 Å². The third-order valence-corrected chi connectivity index (χ3v) is 5.18. The number of amides is 2. The Morgan fingerprint density at radius 2 is 1.94 bits per heavy atom. The first-order valence-corrected chi connectivity index (χ1v) is 10.0. The summed E-state index contributed by atoms with van der Waals surface area (Å²) in [4.78, 5) is 33.0. The molecule has 1 aliphatic rings. The van der Waals surface area contributed by atoms with E-state index >= 15 is 0 Å². The minimum Gasteiger partial charge on any atom is -0.365 e. The van der Waals surface area contributed by atoms with E-state index in [9.17, 15) is 9.59 Å². The summed E-state index contributed by atoms with van der Waals surface area (Å²) in [6.45, 7) is 0. The lowest BCUT2D eigenvalue weighted by atomic mass is 9.90. The average Bonchev–Trinajstić information content (AvgIpc) is 3.31. The summed E-state index contributed by atoms with van der Waals surface area (Å²) in [6.07, 6.45) is 9.16. The van der Waals surface area contributed by atoms with E-state index in [1.165, 1.54) is 11.0 Å². The zero-order valence-corrected chi connectivity index (χ0v) is 16.7. The van der Waals surface area contributed by atoms with Gasteiger partial charge in [-0.2, -0.15) is 20.0 Å². The number of anilines is 3. The van der Waals surface area contributed by atoms with Crippen LogP contribution in [0.5, 0.6) is 0 Å². The zero-order chi connectivity index (χ0) is 21.6. The van der Waals surface area contributed by atoms with Crippen LogP contribution in [0, 0.1) is 0 Å². The summed E-state index contributed by atoms with van der Waals surface area (Å²) in [5, 5.41) is 17.5. The van der Waals surface area contributed by atoms with Crippen molar-refractivity contribution >= 4 is 29.8 Å². The third-order valence-electron chi connectivity index (χ3n) is 5.18. The fourth-order valence-electron chi connectivity index (χ4n) is 3.68. The number of primary amides is 1. The van der Waals surface area contributed by atoms with E-state index in [0.717, 1.165) is 37.8 Å². The number of benzene rings is 1. The van der Waals surface area contributed by atoms with E-state index in [4.69, 9.17) is 5.73 Å². The van der Waals surface area contributed by atoms with Gasteiger partial charge in [-0.1, -0.05) is 18.9 Å². The van der Waals surface area contributed by atoms with Crippen LogP contribution in [0.4, 0.5) is 17.5 Å². The van der Waals surface area contributed by atoms with Crippen molar-refractivity contribution in [2.45, 2.75) is 37.8 Å². The Morgan fingerprint density at radius 3 is 2.68 bits per heavy atom. The van der Waals surface area contributed by atoms with Crippen molar-refractivity contribution in [3.63, 3.8) is 0 Å². The van der Waals surface area contributed by atoms with Crippen molar-refractivity contribution in [2.75, 3.05) is 10.6 Å². The Kier molecular flexibility index (Phi) is 6.01. The van der Waals surface area contributed by atoms with Gasteiger partial charge in [0.15, 0.2) is 0 Å². The Morgan fingerprint density at radius 1 is 1.16 bits per heavy atom. The molecule has 0 bridgehead atoms. The maximum Gasteiger partial charge on any atom is 0.254 e. The maximum atomic E-state index is 11.9. The highest BCUT2D eigenvalue weighted by Gasteiger charge is 2.25. The molecule has 1 saturated carbocycles. The maximum absolute atomic E-state index is 11.9. The monoisotopic (exact) mass is 421 g/mol. The number of aromatic nitrogens is 5. The van der Waals surface area contributed by atoms with Gasteiger partial charge in [0, 0.05) is 24.0 Å². The molecule has 160 valence electrons. The van der Waals surface area contributed by atoms with E-state index in [1.807, 2.05) is 24.3 Å². The molecule has 2 amide bonds. The van der Waals surface area contributed by atoms with Crippen LogP contribution in [-0.4, -0.2) is 49.4 Å². The molecule has 31 heavy (non-hydrogen) atoms. The number of rotatable bonds is 8. The van der Waals surface area contributed by atoms with E-state index in [0.29, 0.717) is 11.6 Å². The van der Waals surface area contributed by atoms with Crippen molar-refractivity contribution in [3.8, 4) is 5.69 Å². The molecule has 2 heterocycles. The molecule has 3 aromatic rings. The van der Waals surface area contributed by atoms with Crippen molar-refractivity contribution in [1.82, 2.24) is 30.3 Å². The van der Waals surface area contributed by atoms with E-state index in [2.05, 4.69) is 36.1 Å². The molecule has 1 aliphatic carbocycles. The minimum absolute atomic E-state index is 0.000304. The van der Waals surface area contributed by atoms with Crippen LogP contribution in [-0.2, 0) is 4.79 Å². The molecule has 1 fully saturated rings. The predicted molar refractivity (Wildman–Crippen MR) is 114 cm³/mol. The fraction of sp³-hybridized carbons (Fsp3) is 0.300. The molecule has 0 aliphatic heterocycles. The molecule has 2 aromatic heterocycles. The smallest absolute Gasteiger partial charge is 0.254 e. The topological polar surface area (TPSA) is 153 Å². The summed E-state index contributed by atoms with van der Waals surface area (Å²) in [5.41, 5.74) is 7.11. The Balaban J connectivity index is 1.59. The van der Waals surface area contributed by atoms with Crippen LogP contribution < -0.4 is 21.7 Å². The first-order valence-electron chi connectivity index (χ1n) is 10.0. The van der Waals surface area contributed by atoms with Gasteiger partial charge in [0.05, 0.1) is 18.1 Å². The quantitative estimate of drug-likeness (QED) is 0.398. The molecular formula is C20H23N9O2. The summed E-state index contributed by atoms with van der Waals surface area (Å²) in [5.74, 6) is -0.00890. The molecule has 0 saturated heterocycles. The molecule has 11 heteroatoms. The molecule has 4 rings (SSSR count). The van der Waals surface area contributed by atoms with Gasteiger partial charge in [0.2, 0.25) is 12.4 Å². The van der Waals surface area contributed by atoms with Crippen LogP contribution in [0.25, 0.3) is 5.69 Å². The number of nitrogens with two attached hydrogens (primary N) is 1. The third kappa shape index (κ3) is 4.77. The molecule has 0 unspecified atom stereocenters. The second-order valence-corrected chi connectivity index (χ2v) is 7.24. The number of carbonyl (C=O) groups is 2. The standard InChI is InChI=1S/C20H23N9O2/c21-18(31)15-11-22-20(27-17-7-2-1-6-16(17)23-12-30)28-19(15)26-13-4-3-5-14(10-13)29-24-8-9-25-29/h3-5,8-12,16-17H,1-2,6-7H2,(H2,21,31)(H,23,30)(H2,22,26,27,28)/t16-,17+/m0/s1. The van der Waals surface area contributed by atoms with Crippen molar-refractivity contribution in [1.29, 1.82) is 0 Å². The molecule has 11 nitrogen and oxygen atoms in total. The summed E-state index contributed by atoms with van der Waals surface area (Å²) < 4.78 is 0. The van der Waals surface area contributed by atoms with Gasteiger partial charge >= 0.3 is 0 Å². The SMILES string of the molecule is NC(=O)c1cnc(N[C@@H]2CCCC[C@@H]2NC=O)nc1Nc1cccc(-n2nccn2)c1. The molecule has 0 radical (unpaired) electrons. The second-order valence-electron chi connectivity index (χ2n) is 7.24. The Bertz CT molecular complexity index is 1050. The molecule has 0 spiro atoms. The van der Waals surface area contributed by atoms with E-state index in [-0.39, 0.29) is 23.5 Å². The first-order chi connectivity index (χ1) is 15.1. The average molecular weight is 421 g/mol. The highest BCUT2D eigenvalue weighted by Crippen LogP contribution is 2.24. The van der Waals surface area contributed by atoms with Crippen LogP contribution >= 0.6 is 0 Å². The van der Waals surface area contributed by atoms with Crippen LogP contribution in [0.1, 0.15) is 36.0 Å². The zero-order valence-electron chi connectivity index (χ0n) is 16.7. The van der Waals surface area contributed by atoms with Crippen molar-refractivity contribution in [2.24, 2.45) is 5.73 Å². The number of hydrogen-bond donors (Lipinski definition) is 4. The van der Waals surface area contributed by atoms with Gasteiger partial charge in [-0.25, -0.2) is 4.98 Å². The highest BCUT2D eigenvalue weighted by molar-refractivity contribution is 5.98. The predicted octanol–water partition coefficient (Wildman–Crippen LogP) is 1.37. The molecule has 5 N–H and O–H groups in total. The van der Waals surface area contributed by atoms with Crippen molar-refractivity contribution in [3.05, 3.63) is 48.4 Å². The van der Waals surface area contributed by atoms with E-state index in [1.54, 1.807) is 12.4 Å². The number of nitrogens with zero attached hydrogens (tertiary/aromatic N) is 5. The molecular weight excluding hydrogens is 398 g/mol. The highest BCUT2D eigenvalue weighted by atomic mass is 16.1. The lowest BCUT2D eigenvalue weighted by Crippen LogP contribution is -2.46. The number of hydrogen-bond acceptors (Lipinski definition) is 8. The second kappa shape index (κ2) is 9.20. The van der Waals surface area contributed by atoms with Gasteiger partial charge in [-0.3, -0.25) is 9.59 Å².